The minimum absolute atomic E-state index is 0.173. The van der Waals surface area contributed by atoms with E-state index >= 15 is 0 Å². The van der Waals surface area contributed by atoms with E-state index in [1.807, 2.05) is 11.9 Å². The van der Waals surface area contributed by atoms with Gasteiger partial charge in [0.25, 0.3) is 0 Å². The van der Waals surface area contributed by atoms with Crippen LogP contribution in [0.1, 0.15) is 26.2 Å². The van der Waals surface area contributed by atoms with Crippen molar-refractivity contribution in [3.63, 3.8) is 0 Å². The predicted octanol–water partition coefficient (Wildman–Crippen LogP) is -0.589. The van der Waals surface area contributed by atoms with E-state index in [4.69, 9.17) is 5.11 Å². The Bertz CT molecular complexity index is 476. The maximum atomic E-state index is 10.0. The van der Waals surface area contributed by atoms with Gasteiger partial charge in [-0.15, -0.1) is 0 Å². The van der Waals surface area contributed by atoms with Gasteiger partial charge >= 0.3 is 0 Å². The van der Waals surface area contributed by atoms with Gasteiger partial charge in [-0.05, 0) is 37.8 Å². The summed E-state index contributed by atoms with van der Waals surface area (Å²) in [6.07, 6.45) is -0.0950. The molecule has 0 spiro atoms. The summed E-state index contributed by atoms with van der Waals surface area (Å²) in [5.41, 5.74) is 4.26. The maximum Gasteiger partial charge on any atom is 0.111 e. The van der Waals surface area contributed by atoms with Gasteiger partial charge in [-0.3, -0.25) is 4.90 Å². The van der Waals surface area contributed by atoms with Crippen LogP contribution >= 0.6 is 0 Å². The summed E-state index contributed by atoms with van der Waals surface area (Å²) in [4.78, 5) is 1.90. The van der Waals surface area contributed by atoms with Gasteiger partial charge in [-0.2, -0.15) is 0 Å². The Balaban J connectivity index is 1.88. The molecule has 3 aliphatic rings. The van der Waals surface area contributed by atoms with Crippen LogP contribution in [-0.4, -0.2) is 81.6 Å². The highest BCUT2D eigenvalue weighted by Gasteiger charge is 2.31. The number of rotatable bonds is 8. The van der Waals surface area contributed by atoms with Gasteiger partial charge < -0.3 is 25.5 Å². The number of aliphatic hydroxyl groups is 5. The van der Waals surface area contributed by atoms with E-state index in [1.54, 1.807) is 0 Å². The number of allylic oxidation sites excluding steroid dienone is 2. The first-order valence-electron chi connectivity index (χ1n) is 8.26. The van der Waals surface area contributed by atoms with Gasteiger partial charge in [0.1, 0.15) is 18.3 Å². The smallest absolute Gasteiger partial charge is 0.111 e. The van der Waals surface area contributed by atoms with Gasteiger partial charge in [0, 0.05) is 13.1 Å². The molecule has 1 saturated carbocycles. The van der Waals surface area contributed by atoms with Crippen molar-refractivity contribution in [1.82, 2.24) is 4.90 Å². The summed E-state index contributed by atoms with van der Waals surface area (Å²) in [5.74, 6) is 0.635. The fourth-order valence-corrected chi connectivity index (χ4v) is 3.48. The van der Waals surface area contributed by atoms with Crippen LogP contribution in [0, 0.1) is 5.92 Å². The van der Waals surface area contributed by atoms with E-state index in [2.05, 4.69) is 13.0 Å². The van der Waals surface area contributed by atoms with E-state index < -0.39 is 31.0 Å². The Morgan fingerprint density at radius 2 is 1.78 bits per heavy atom. The lowest BCUT2D eigenvalue weighted by Crippen LogP contribution is -2.49. The molecule has 1 fully saturated rings. The Morgan fingerprint density at radius 3 is 2.30 bits per heavy atom. The van der Waals surface area contributed by atoms with Gasteiger partial charge in [-0.25, -0.2) is 0 Å². The lowest BCUT2D eigenvalue weighted by Gasteiger charge is -2.34. The minimum Gasteiger partial charge on any atom is -0.394 e. The molecule has 23 heavy (non-hydrogen) atoms. The SMILES string of the molecule is CC1CC2=C(CN(C)CC(O)C(O)C(O)C(O)CO)C=C1CC2. The molecule has 6 nitrogen and oxygen atoms in total. The third-order valence-corrected chi connectivity index (χ3v) is 4.98. The number of nitrogens with zero attached hydrogens (tertiary/aromatic N) is 1. The van der Waals surface area contributed by atoms with Gasteiger partial charge in [0.15, 0.2) is 0 Å². The first-order valence-corrected chi connectivity index (χ1v) is 8.26. The van der Waals surface area contributed by atoms with Crippen LogP contribution in [-0.2, 0) is 0 Å². The topological polar surface area (TPSA) is 104 Å². The van der Waals surface area contributed by atoms with E-state index in [0.717, 1.165) is 19.3 Å². The summed E-state index contributed by atoms with van der Waals surface area (Å²) in [6.45, 7) is 2.45. The van der Waals surface area contributed by atoms with E-state index in [1.165, 1.54) is 16.7 Å². The fourth-order valence-electron chi connectivity index (χ4n) is 3.48. The highest BCUT2D eigenvalue weighted by Crippen LogP contribution is 2.40. The summed E-state index contributed by atoms with van der Waals surface area (Å²) < 4.78 is 0. The van der Waals surface area contributed by atoms with E-state index in [0.29, 0.717) is 12.5 Å². The van der Waals surface area contributed by atoms with Crippen molar-refractivity contribution in [3.05, 3.63) is 22.8 Å². The van der Waals surface area contributed by atoms with Gasteiger partial charge in [-0.1, -0.05) is 24.1 Å². The van der Waals surface area contributed by atoms with Gasteiger partial charge in [0.05, 0.1) is 12.7 Å². The molecule has 132 valence electrons. The highest BCUT2D eigenvalue weighted by atomic mass is 16.4. The standard InChI is InChI=1S/C17H29NO5/c1-10-5-12-4-3-11(10)6-13(12)7-18(2)8-14(20)16(22)17(23)15(21)9-19/h6,10,14-17,19-23H,3-5,7-9H2,1-2H3. The molecule has 0 aromatic heterocycles. The molecule has 0 amide bonds. The predicted molar refractivity (Wildman–Crippen MR) is 86.7 cm³/mol. The summed E-state index contributed by atoms with van der Waals surface area (Å²) in [7, 11) is 1.85. The Hall–Kier alpha value is -0.760. The van der Waals surface area contributed by atoms with Crippen molar-refractivity contribution in [2.45, 2.75) is 50.6 Å². The zero-order valence-electron chi connectivity index (χ0n) is 13.9. The summed E-state index contributed by atoms with van der Waals surface area (Å²) in [6, 6.07) is 0. The van der Waals surface area contributed by atoms with Crippen molar-refractivity contribution >= 4 is 0 Å². The van der Waals surface area contributed by atoms with Crippen LogP contribution in [0.3, 0.4) is 0 Å². The molecule has 3 aliphatic carbocycles. The lowest BCUT2D eigenvalue weighted by molar-refractivity contribution is -0.118. The molecule has 0 radical (unpaired) electrons. The second kappa shape index (κ2) is 7.88. The lowest BCUT2D eigenvalue weighted by atomic mass is 9.75. The van der Waals surface area contributed by atoms with Crippen molar-refractivity contribution in [1.29, 1.82) is 0 Å². The van der Waals surface area contributed by atoms with E-state index in [9.17, 15) is 20.4 Å². The van der Waals surface area contributed by atoms with Crippen molar-refractivity contribution in [3.8, 4) is 0 Å². The van der Waals surface area contributed by atoms with Crippen molar-refractivity contribution < 1.29 is 25.5 Å². The maximum absolute atomic E-state index is 10.0. The molecule has 6 heteroatoms. The molecule has 5 unspecified atom stereocenters. The zero-order valence-corrected chi connectivity index (χ0v) is 13.9. The molecule has 0 heterocycles. The first-order chi connectivity index (χ1) is 10.8. The average molecular weight is 327 g/mol. The third-order valence-electron chi connectivity index (χ3n) is 4.98. The normalized spacial score (nSPS) is 26.3. The van der Waals surface area contributed by atoms with Crippen LogP contribution in [0.4, 0.5) is 0 Å². The van der Waals surface area contributed by atoms with Crippen LogP contribution < -0.4 is 0 Å². The monoisotopic (exact) mass is 327 g/mol. The van der Waals surface area contributed by atoms with Crippen molar-refractivity contribution in [2.24, 2.45) is 5.92 Å². The van der Waals surface area contributed by atoms with Gasteiger partial charge in [0.2, 0.25) is 0 Å². The summed E-state index contributed by atoms with van der Waals surface area (Å²) in [5, 5.41) is 47.7. The Kier molecular flexibility index (Phi) is 6.36. The number of fused-ring (bicyclic) bond motifs is 3. The molecular weight excluding hydrogens is 298 g/mol. The van der Waals surface area contributed by atoms with Crippen LogP contribution in [0.15, 0.2) is 22.8 Å². The molecule has 5 atom stereocenters. The second-order valence-corrected chi connectivity index (χ2v) is 6.95. The number of likely N-dealkylation sites (N-methyl/N-ethyl adjacent to an activating group) is 1. The molecule has 0 aliphatic heterocycles. The zero-order chi connectivity index (χ0) is 17.1. The molecule has 5 N–H and O–H groups in total. The van der Waals surface area contributed by atoms with Crippen LogP contribution in [0.5, 0.6) is 0 Å². The average Bonchev–Trinajstić information content (AvgIpc) is 2.53. The Labute approximate surface area is 137 Å². The number of hydrogen-bond acceptors (Lipinski definition) is 6. The number of hydrogen-bond donors (Lipinski definition) is 5. The van der Waals surface area contributed by atoms with Crippen molar-refractivity contribution in [2.75, 3.05) is 26.7 Å². The highest BCUT2D eigenvalue weighted by molar-refractivity contribution is 5.40. The second-order valence-electron chi connectivity index (χ2n) is 6.95. The molecule has 0 aromatic rings. The molecular formula is C17H29NO5. The largest absolute Gasteiger partial charge is 0.394 e. The summed E-state index contributed by atoms with van der Waals surface area (Å²) >= 11 is 0. The molecule has 0 aromatic carbocycles. The molecule has 0 saturated heterocycles. The minimum atomic E-state index is -1.57. The number of aliphatic hydroxyl groups excluding tert-OH is 5. The van der Waals surface area contributed by atoms with E-state index in [-0.39, 0.29) is 6.54 Å². The quantitative estimate of drug-likeness (QED) is 0.408. The van der Waals surface area contributed by atoms with Crippen LogP contribution in [0.25, 0.3) is 0 Å². The molecule has 2 bridgehead atoms. The molecule has 3 rings (SSSR count). The Morgan fingerprint density at radius 1 is 1.13 bits per heavy atom. The third kappa shape index (κ3) is 4.41. The fraction of sp³-hybridized carbons (Fsp3) is 0.765. The first kappa shape index (κ1) is 18.6. The van der Waals surface area contributed by atoms with Crippen LogP contribution in [0.2, 0.25) is 0 Å².